The summed E-state index contributed by atoms with van der Waals surface area (Å²) in [6.45, 7) is 3.98. The van der Waals surface area contributed by atoms with E-state index in [0.29, 0.717) is 11.6 Å². The lowest BCUT2D eigenvalue weighted by Crippen LogP contribution is -2.28. The second kappa shape index (κ2) is 7.59. The highest BCUT2D eigenvalue weighted by Crippen LogP contribution is 2.32. The van der Waals surface area contributed by atoms with E-state index in [4.69, 9.17) is 21.4 Å². The van der Waals surface area contributed by atoms with Gasteiger partial charge in [0, 0.05) is 23.0 Å². The molecule has 5 aromatic rings. The normalized spacial score (nSPS) is 11.7. The lowest BCUT2D eigenvalue weighted by molar-refractivity contribution is 0.554. The van der Waals surface area contributed by atoms with Gasteiger partial charge in [0.05, 0.1) is 11.3 Å². The van der Waals surface area contributed by atoms with Gasteiger partial charge in [-0.3, -0.25) is 4.57 Å². The largest absolute Gasteiger partial charge is 0.383 e. The van der Waals surface area contributed by atoms with Crippen LogP contribution in [-0.2, 0) is 5.54 Å². The van der Waals surface area contributed by atoms with Crippen LogP contribution in [0.1, 0.15) is 19.4 Å². The topological polar surface area (TPSA) is 95.6 Å². The number of anilines is 1. The molecular weight excluding hydrogens is 396 g/mol. The van der Waals surface area contributed by atoms with Crippen molar-refractivity contribution in [3.8, 4) is 28.3 Å². The zero-order valence-corrected chi connectivity index (χ0v) is 18.0. The average Bonchev–Trinajstić information content (AvgIpc) is 3.18. The van der Waals surface area contributed by atoms with Crippen molar-refractivity contribution in [2.75, 3.05) is 5.73 Å². The molecule has 0 unspecified atom stereocenters. The van der Waals surface area contributed by atoms with Crippen LogP contribution in [0.5, 0.6) is 0 Å². The van der Waals surface area contributed by atoms with Crippen LogP contribution in [0.3, 0.4) is 0 Å². The first-order valence-electron chi connectivity index (χ1n) is 10.5. The first-order valence-corrected chi connectivity index (χ1v) is 10.5. The van der Waals surface area contributed by atoms with Gasteiger partial charge in [0.25, 0.3) is 0 Å². The molecule has 3 heterocycles. The van der Waals surface area contributed by atoms with Gasteiger partial charge in [-0.1, -0.05) is 42.5 Å². The Morgan fingerprint density at radius 2 is 1.56 bits per heavy atom. The Morgan fingerprint density at radius 3 is 2.25 bits per heavy atom. The molecule has 0 aliphatic heterocycles. The fourth-order valence-electron chi connectivity index (χ4n) is 3.80. The number of rotatable bonds is 4. The summed E-state index contributed by atoms with van der Waals surface area (Å²) in [5.74, 6) is 1.12. The minimum Gasteiger partial charge on any atom is -0.383 e. The Hall–Kier alpha value is -4.03. The number of nitrogens with zero attached hydrogens (tertiary/aromatic N) is 4. The average molecular weight is 421 g/mol. The molecule has 2 aromatic carbocycles. The summed E-state index contributed by atoms with van der Waals surface area (Å²) in [4.78, 5) is 14.1. The van der Waals surface area contributed by atoms with Crippen LogP contribution in [0.2, 0.25) is 0 Å². The number of imidazole rings is 1. The number of aromatic nitrogens is 4. The molecule has 0 saturated heterocycles. The highest BCUT2D eigenvalue weighted by atomic mass is 15.1. The zero-order valence-electron chi connectivity index (χ0n) is 18.0. The monoisotopic (exact) mass is 420 g/mol. The van der Waals surface area contributed by atoms with Crippen molar-refractivity contribution in [1.82, 2.24) is 19.5 Å². The van der Waals surface area contributed by atoms with Crippen LogP contribution >= 0.6 is 0 Å². The van der Waals surface area contributed by atoms with Gasteiger partial charge < -0.3 is 11.5 Å². The van der Waals surface area contributed by atoms with Crippen LogP contribution in [0, 0.1) is 0 Å². The third-order valence-corrected chi connectivity index (χ3v) is 5.52. The highest BCUT2D eigenvalue weighted by molar-refractivity contribution is 5.84. The summed E-state index contributed by atoms with van der Waals surface area (Å²) in [6.07, 6.45) is 1.68. The number of fused-ring (bicyclic) bond motifs is 1. The van der Waals surface area contributed by atoms with Gasteiger partial charge >= 0.3 is 0 Å². The lowest BCUT2D eigenvalue weighted by Gasteiger charge is -2.19. The van der Waals surface area contributed by atoms with E-state index in [0.717, 1.165) is 39.2 Å². The quantitative estimate of drug-likeness (QED) is 0.430. The van der Waals surface area contributed by atoms with Crippen LogP contribution in [0.25, 0.3) is 39.5 Å². The van der Waals surface area contributed by atoms with E-state index in [9.17, 15) is 0 Å². The molecule has 0 radical (unpaired) electrons. The Balaban J connectivity index is 1.77. The molecule has 0 aliphatic rings. The van der Waals surface area contributed by atoms with Crippen molar-refractivity contribution >= 4 is 17.0 Å². The molecule has 158 valence electrons. The van der Waals surface area contributed by atoms with Crippen LogP contribution in [0.4, 0.5) is 5.82 Å². The van der Waals surface area contributed by atoms with Gasteiger partial charge in [-0.25, -0.2) is 15.0 Å². The number of nitrogens with two attached hydrogens (primary N) is 2. The SMILES string of the molecule is CC(C)(N)c1ccc(-n2c(-c3cccnc3N)nc3ccc(-c4ccccc4)nc32)cc1. The van der Waals surface area contributed by atoms with Gasteiger partial charge in [-0.2, -0.15) is 0 Å². The van der Waals surface area contributed by atoms with Crippen molar-refractivity contribution in [3.63, 3.8) is 0 Å². The number of nitrogen functional groups attached to an aromatic ring is 1. The summed E-state index contributed by atoms with van der Waals surface area (Å²) in [5, 5.41) is 0. The van der Waals surface area contributed by atoms with Crippen molar-refractivity contribution < 1.29 is 0 Å². The van der Waals surface area contributed by atoms with E-state index < -0.39 is 5.54 Å². The maximum atomic E-state index is 6.28. The zero-order chi connectivity index (χ0) is 22.3. The van der Waals surface area contributed by atoms with Crippen LogP contribution in [-0.4, -0.2) is 19.5 Å². The van der Waals surface area contributed by atoms with E-state index in [2.05, 4.69) is 4.98 Å². The molecule has 0 aliphatic carbocycles. The lowest BCUT2D eigenvalue weighted by atomic mass is 9.95. The van der Waals surface area contributed by atoms with Crippen molar-refractivity contribution in [2.24, 2.45) is 5.73 Å². The molecule has 3 aromatic heterocycles. The number of hydrogen-bond donors (Lipinski definition) is 2. The Morgan fingerprint density at radius 1 is 0.812 bits per heavy atom. The molecule has 0 bridgehead atoms. The molecular formula is C26H24N6. The first kappa shape index (κ1) is 19.9. The Bertz CT molecular complexity index is 1400. The third-order valence-electron chi connectivity index (χ3n) is 5.52. The second-order valence-corrected chi connectivity index (χ2v) is 8.38. The summed E-state index contributed by atoms with van der Waals surface area (Å²) in [6, 6.07) is 26.0. The second-order valence-electron chi connectivity index (χ2n) is 8.38. The van der Waals surface area contributed by atoms with Crippen molar-refractivity contribution in [1.29, 1.82) is 0 Å². The maximum Gasteiger partial charge on any atom is 0.165 e. The summed E-state index contributed by atoms with van der Waals surface area (Å²) >= 11 is 0. The first-order chi connectivity index (χ1) is 15.4. The van der Waals surface area contributed by atoms with Gasteiger partial charge in [-0.05, 0) is 55.8 Å². The van der Waals surface area contributed by atoms with Crippen molar-refractivity contribution in [2.45, 2.75) is 19.4 Å². The fourth-order valence-corrected chi connectivity index (χ4v) is 3.80. The molecule has 0 atom stereocenters. The van der Waals surface area contributed by atoms with Crippen LogP contribution < -0.4 is 11.5 Å². The molecule has 6 nitrogen and oxygen atoms in total. The minimum atomic E-state index is -0.426. The van der Waals surface area contributed by atoms with E-state index in [1.807, 2.05) is 97.3 Å². The number of benzene rings is 2. The molecule has 32 heavy (non-hydrogen) atoms. The molecule has 0 amide bonds. The molecule has 0 fully saturated rings. The van der Waals surface area contributed by atoms with Crippen LogP contribution in [0.15, 0.2) is 85.1 Å². The van der Waals surface area contributed by atoms with E-state index >= 15 is 0 Å². The predicted octanol–water partition coefficient (Wildman–Crippen LogP) is 4.93. The third kappa shape index (κ3) is 3.50. The Labute approximate surface area is 186 Å². The van der Waals surface area contributed by atoms with Gasteiger partial charge in [0.2, 0.25) is 0 Å². The highest BCUT2D eigenvalue weighted by Gasteiger charge is 2.20. The molecule has 4 N–H and O–H groups in total. The van der Waals surface area contributed by atoms with E-state index in [1.165, 1.54) is 0 Å². The summed E-state index contributed by atoms with van der Waals surface area (Å²) in [5.41, 5.74) is 18.3. The van der Waals surface area contributed by atoms with Gasteiger partial charge in [-0.15, -0.1) is 0 Å². The molecule has 5 rings (SSSR count). The molecule has 0 saturated carbocycles. The van der Waals surface area contributed by atoms with Gasteiger partial charge in [0.1, 0.15) is 11.3 Å². The van der Waals surface area contributed by atoms with E-state index in [-0.39, 0.29) is 0 Å². The van der Waals surface area contributed by atoms with Crippen molar-refractivity contribution in [3.05, 3.63) is 90.6 Å². The molecule has 0 spiro atoms. The smallest absolute Gasteiger partial charge is 0.165 e. The summed E-state index contributed by atoms with van der Waals surface area (Å²) in [7, 11) is 0. The fraction of sp³-hybridized carbons (Fsp3) is 0.115. The molecule has 6 heteroatoms. The number of pyridine rings is 2. The number of hydrogen-bond acceptors (Lipinski definition) is 5. The summed E-state index contributed by atoms with van der Waals surface area (Å²) < 4.78 is 2.03. The standard InChI is InChI=1S/C26H24N6/c1-26(2,28)18-10-12-19(13-11-18)32-24(20-9-6-16-29-23(20)27)31-22-15-14-21(30-25(22)32)17-7-4-3-5-8-17/h3-16H,28H2,1-2H3,(H2,27,29). The van der Waals surface area contributed by atoms with E-state index in [1.54, 1.807) is 6.20 Å². The minimum absolute atomic E-state index is 0.423. The maximum absolute atomic E-state index is 6.28. The predicted molar refractivity (Wildman–Crippen MR) is 129 cm³/mol. The van der Waals surface area contributed by atoms with Gasteiger partial charge in [0.15, 0.2) is 11.5 Å². The Kier molecular flexibility index (Phi) is 4.72.